The van der Waals surface area contributed by atoms with E-state index >= 15 is 0 Å². The fourth-order valence-electron chi connectivity index (χ4n) is 0.194. The molecule has 0 aliphatic carbocycles. The Labute approximate surface area is 113 Å². The first-order chi connectivity index (χ1) is 3.06. The van der Waals surface area contributed by atoms with Crippen LogP contribution in [0.1, 0.15) is 6.92 Å². The van der Waals surface area contributed by atoms with Crippen molar-refractivity contribution in [1.29, 1.82) is 0 Å². The quantitative estimate of drug-likeness (QED) is 0.439. The maximum Gasteiger partial charge on any atom is 1.00 e. The summed E-state index contributed by atoms with van der Waals surface area (Å²) in [5.74, 6) is 0. The van der Waals surface area contributed by atoms with E-state index in [4.69, 9.17) is 14.4 Å². The summed E-state index contributed by atoms with van der Waals surface area (Å²) in [6.45, 7) is 1.68. The van der Waals surface area contributed by atoms with Gasteiger partial charge in [-0.1, -0.05) is 0 Å². The second-order valence-corrected chi connectivity index (χ2v) is 2.44. The van der Waals surface area contributed by atoms with Crippen LogP contribution in [0, 0.1) is 0 Å². The predicted molar refractivity (Wildman–Crippen MR) is 26.0 cm³/mol. The summed E-state index contributed by atoms with van der Waals surface area (Å²) in [7, 11) is -4.16. The zero-order chi connectivity index (χ0) is 5.91. The Morgan fingerprint density at radius 3 is 1.67 bits per heavy atom. The van der Waals surface area contributed by atoms with Crippen LogP contribution in [0.4, 0.5) is 0 Å². The van der Waals surface area contributed by atoms with Crippen LogP contribution in [0.15, 0.2) is 0 Å². The molecule has 0 aromatic rings. The molecule has 5 nitrogen and oxygen atoms in total. The molecule has 0 aromatic heterocycles. The van der Waals surface area contributed by atoms with Gasteiger partial charge in [0.15, 0.2) is 0 Å². The van der Waals surface area contributed by atoms with E-state index in [2.05, 4.69) is 4.43 Å². The van der Waals surface area contributed by atoms with Gasteiger partial charge in [-0.3, -0.25) is 0 Å². The third kappa shape index (κ3) is 17.8. The smallest absolute Gasteiger partial charge is 0.870 e. The summed E-state index contributed by atoms with van der Waals surface area (Å²) in [6.07, 6.45) is 0. The maximum atomic E-state index is 8.05. The van der Waals surface area contributed by atoms with Gasteiger partial charge >= 0.3 is 77.9 Å². The number of hydrogen-bond donors (Lipinski definition) is 3. The predicted octanol–water partition coefficient (Wildman–Crippen LogP) is -4.74. The van der Waals surface area contributed by atoms with Crippen molar-refractivity contribution < 1.29 is 93.2 Å². The van der Waals surface area contributed by atoms with E-state index in [9.17, 15) is 0 Å². The average molecular weight is 274 g/mol. The van der Waals surface area contributed by atoms with Crippen molar-refractivity contribution in [3.05, 3.63) is 0 Å². The van der Waals surface area contributed by atoms with E-state index < -0.39 is 9.05 Å². The van der Waals surface area contributed by atoms with E-state index in [1.807, 2.05) is 0 Å². The Balaban J connectivity index is -0.000000180. The molecule has 0 bridgehead atoms. The Bertz CT molecular complexity index is 53.4. The second kappa shape index (κ2) is 8.17. The van der Waals surface area contributed by atoms with Crippen molar-refractivity contribution in [1.82, 2.24) is 0 Å². The average Bonchev–Trinajstić information content (AvgIpc) is 1.30. The minimum atomic E-state index is -4.16. The van der Waals surface area contributed by atoms with Gasteiger partial charge in [-0.05, 0) is 6.92 Å². The summed E-state index contributed by atoms with van der Waals surface area (Å²) in [5.41, 5.74) is 0. The molecule has 9 heavy (non-hydrogen) atoms. The van der Waals surface area contributed by atoms with Crippen LogP contribution in [0.25, 0.3) is 0 Å². The zero-order valence-electron chi connectivity index (χ0n) is 5.40. The van der Waals surface area contributed by atoms with E-state index in [1.54, 1.807) is 6.92 Å². The van der Waals surface area contributed by atoms with Gasteiger partial charge < -0.3 is 24.3 Å². The first kappa shape index (κ1) is 17.2. The molecular formula is C2H9CsO5Si. The van der Waals surface area contributed by atoms with E-state index in [-0.39, 0.29) is 81.0 Å². The van der Waals surface area contributed by atoms with Crippen molar-refractivity contribution in [2.24, 2.45) is 0 Å². The Morgan fingerprint density at radius 1 is 1.33 bits per heavy atom. The molecule has 0 aromatic carbocycles. The van der Waals surface area contributed by atoms with Crippen LogP contribution >= 0.6 is 0 Å². The number of rotatable bonds is 2. The molecule has 0 radical (unpaired) electrons. The minimum absolute atomic E-state index is 0. The molecule has 0 saturated carbocycles. The van der Waals surface area contributed by atoms with E-state index in [0.717, 1.165) is 0 Å². The van der Waals surface area contributed by atoms with Gasteiger partial charge in [-0.2, -0.15) is 0 Å². The van der Waals surface area contributed by atoms with Crippen LogP contribution in [0.5, 0.6) is 0 Å². The molecule has 0 aliphatic rings. The van der Waals surface area contributed by atoms with Gasteiger partial charge in [0.1, 0.15) is 0 Å². The van der Waals surface area contributed by atoms with Crippen molar-refractivity contribution in [3.8, 4) is 0 Å². The number of hydrogen-bond acceptors (Lipinski definition) is 5. The molecule has 0 aliphatic heterocycles. The molecule has 0 atom stereocenters. The molecule has 4 N–H and O–H groups in total. The fourth-order valence-corrected chi connectivity index (χ4v) is 0.581. The summed E-state index contributed by atoms with van der Waals surface area (Å²) in [6, 6.07) is 0. The standard InChI is InChI=1S/C2H8O4Si.Cs.H2O/c1-2-6-7(3,4)5;;/h3-5H,2H2,1H3;;1H2/q;+1;/p-1. The molecule has 0 unspecified atom stereocenters. The molecule has 7 heteroatoms. The molecule has 0 spiro atoms. The molecule has 52 valence electrons. The molecular weight excluding hydrogens is 265 g/mol. The van der Waals surface area contributed by atoms with Gasteiger partial charge in [-0.25, -0.2) is 0 Å². The van der Waals surface area contributed by atoms with Gasteiger partial charge in [0.05, 0.1) is 0 Å². The Hall–Kier alpha value is 2.07. The first-order valence-electron chi connectivity index (χ1n) is 1.87. The SMILES string of the molecule is CCO[Si](O)(O)O.[Cs+].[OH-]. The van der Waals surface area contributed by atoms with Crippen molar-refractivity contribution in [3.63, 3.8) is 0 Å². The molecule has 0 fully saturated rings. The Morgan fingerprint density at radius 2 is 1.67 bits per heavy atom. The summed E-state index contributed by atoms with van der Waals surface area (Å²) < 4.78 is 4.03. The summed E-state index contributed by atoms with van der Waals surface area (Å²) in [5, 5.41) is 0. The van der Waals surface area contributed by atoms with Crippen LogP contribution in [-0.2, 0) is 4.43 Å². The monoisotopic (exact) mass is 274 g/mol. The van der Waals surface area contributed by atoms with Crippen LogP contribution in [0.3, 0.4) is 0 Å². The van der Waals surface area contributed by atoms with Gasteiger partial charge in [0.2, 0.25) is 0 Å². The molecule has 0 heterocycles. The van der Waals surface area contributed by atoms with Crippen LogP contribution in [-0.4, -0.2) is 35.5 Å². The third-order valence-electron chi connectivity index (χ3n) is 0.338. The van der Waals surface area contributed by atoms with Crippen LogP contribution < -0.4 is 68.9 Å². The van der Waals surface area contributed by atoms with Gasteiger partial charge in [-0.15, -0.1) is 0 Å². The van der Waals surface area contributed by atoms with Gasteiger partial charge in [0, 0.05) is 6.61 Å². The van der Waals surface area contributed by atoms with E-state index in [0.29, 0.717) is 0 Å². The second-order valence-electron chi connectivity index (χ2n) is 1.01. The maximum absolute atomic E-state index is 8.05. The summed E-state index contributed by atoms with van der Waals surface area (Å²) in [4.78, 5) is 24.1. The van der Waals surface area contributed by atoms with Crippen LogP contribution in [0.2, 0.25) is 0 Å². The van der Waals surface area contributed by atoms with E-state index in [1.165, 1.54) is 0 Å². The summed E-state index contributed by atoms with van der Waals surface area (Å²) >= 11 is 0. The fraction of sp³-hybridized carbons (Fsp3) is 1.00. The van der Waals surface area contributed by atoms with Crippen molar-refractivity contribution in [2.75, 3.05) is 6.61 Å². The third-order valence-corrected chi connectivity index (χ3v) is 1.01. The molecule has 0 rings (SSSR count). The molecule has 0 saturated heterocycles. The first-order valence-corrected chi connectivity index (χ1v) is 3.62. The normalized spacial score (nSPS) is 9.33. The van der Waals surface area contributed by atoms with Crippen molar-refractivity contribution >= 4 is 9.05 Å². The minimum Gasteiger partial charge on any atom is -0.870 e. The van der Waals surface area contributed by atoms with Crippen molar-refractivity contribution in [2.45, 2.75) is 6.92 Å². The molecule has 0 amide bonds. The largest absolute Gasteiger partial charge is 1.00 e. The van der Waals surface area contributed by atoms with Gasteiger partial charge in [0.25, 0.3) is 0 Å². The topological polar surface area (TPSA) is 99.9 Å². The zero-order valence-corrected chi connectivity index (χ0v) is 12.7. The Kier molecular flexibility index (Phi) is 15.6.